The van der Waals surface area contributed by atoms with Gasteiger partial charge in [-0.3, -0.25) is 4.79 Å². The number of benzene rings is 2. The minimum Gasteiger partial charge on any atom is -0.361 e. The molecule has 2 aromatic carbocycles. The Hall–Kier alpha value is -2.74. The zero-order valence-electron chi connectivity index (χ0n) is 15.2. The van der Waals surface area contributed by atoms with Gasteiger partial charge in [-0.05, 0) is 61.4 Å². The number of carbonyl (C=O) groups is 1. The topological polar surface area (TPSA) is 79.0 Å². The number of sulfone groups is 1. The Bertz CT molecular complexity index is 1090. The quantitative estimate of drug-likeness (QED) is 0.591. The minimum atomic E-state index is -3.72. The van der Waals surface area contributed by atoms with Crippen LogP contribution in [-0.2, 0) is 21.1 Å². The first-order valence-corrected chi connectivity index (χ1v) is 10.3. The summed E-state index contributed by atoms with van der Waals surface area (Å²) in [4.78, 5) is 15.1. The molecule has 28 heavy (non-hydrogen) atoms. The highest BCUT2D eigenvalue weighted by Crippen LogP contribution is 2.20. The summed E-state index contributed by atoms with van der Waals surface area (Å²) in [5.41, 5.74) is 1.61. The summed E-state index contributed by atoms with van der Waals surface area (Å²) in [5.74, 6) is -1.24. The standard InChI is InChI=1S/C20H20F2N2O3S/c1-13(28(26,27)17-5-2-15(21)3-6-17)10-20(25)23-9-8-14-12-24-19-11-16(22)4-7-18(14)19/h2-7,11-13,24H,8-10H2,1H3,(H,23,25). The van der Waals surface area contributed by atoms with Crippen LogP contribution in [0.3, 0.4) is 0 Å². The van der Waals surface area contributed by atoms with E-state index in [0.29, 0.717) is 18.5 Å². The summed E-state index contributed by atoms with van der Waals surface area (Å²) in [6, 6.07) is 8.99. The smallest absolute Gasteiger partial charge is 0.221 e. The SMILES string of the molecule is CC(CC(=O)NCCc1c[nH]c2cc(F)ccc12)S(=O)(=O)c1ccc(F)cc1. The molecule has 0 spiro atoms. The lowest BCUT2D eigenvalue weighted by atomic mass is 10.1. The molecule has 0 aliphatic rings. The fourth-order valence-electron chi connectivity index (χ4n) is 3.00. The van der Waals surface area contributed by atoms with Crippen molar-refractivity contribution in [3.63, 3.8) is 0 Å². The molecule has 1 amide bonds. The highest BCUT2D eigenvalue weighted by Gasteiger charge is 2.25. The molecule has 0 saturated carbocycles. The van der Waals surface area contributed by atoms with Crippen LogP contribution >= 0.6 is 0 Å². The van der Waals surface area contributed by atoms with Crippen molar-refractivity contribution in [1.82, 2.24) is 10.3 Å². The van der Waals surface area contributed by atoms with Crippen molar-refractivity contribution in [2.75, 3.05) is 6.54 Å². The van der Waals surface area contributed by atoms with Gasteiger partial charge in [-0.2, -0.15) is 0 Å². The van der Waals surface area contributed by atoms with Gasteiger partial charge in [0.05, 0.1) is 10.1 Å². The van der Waals surface area contributed by atoms with Crippen LogP contribution in [0, 0.1) is 11.6 Å². The van der Waals surface area contributed by atoms with Crippen LogP contribution in [0.1, 0.15) is 18.9 Å². The van der Waals surface area contributed by atoms with Gasteiger partial charge in [0.1, 0.15) is 11.6 Å². The second-order valence-corrected chi connectivity index (χ2v) is 8.98. The van der Waals surface area contributed by atoms with Crippen LogP contribution in [0.5, 0.6) is 0 Å². The zero-order chi connectivity index (χ0) is 20.3. The Morgan fingerprint density at radius 3 is 2.50 bits per heavy atom. The van der Waals surface area contributed by atoms with Crippen molar-refractivity contribution < 1.29 is 22.0 Å². The monoisotopic (exact) mass is 406 g/mol. The van der Waals surface area contributed by atoms with E-state index in [1.807, 2.05) is 0 Å². The highest BCUT2D eigenvalue weighted by molar-refractivity contribution is 7.92. The fraction of sp³-hybridized carbons (Fsp3) is 0.250. The van der Waals surface area contributed by atoms with Crippen LogP contribution in [-0.4, -0.2) is 31.1 Å². The van der Waals surface area contributed by atoms with E-state index in [1.54, 1.807) is 12.3 Å². The number of fused-ring (bicyclic) bond motifs is 1. The molecule has 0 aliphatic heterocycles. The van der Waals surface area contributed by atoms with Crippen molar-refractivity contribution in [3.05, 3.63) is 65.9 Å². The van der Waals surface area contributed by atoms with Gasteiger partial charge in [0.15, 0.2) is 9.84 Å². The van der Waals surface area contributed by atoms with Crippen LogP contribution < -0.4 is 5.32 Å². The summed E-state index contributed by atoms with van der Waals surface area (Å²) >= 11 is 0. The number of nitrogens with one attached hydrogen (secondary N) is 2. The number of halogens is 2. The van der Waals surface area contributed by atoms with Gasteiger partial charge in [0, 0.05) is 30.1 Å². The lowest BCUT2D eigenvalue weighted by Crippen LogP contribution is -2.31. The molecule has 0 fully saturated rings. The Kier molecular flexibility index (Phi) is 5.79. The van der Waals surface area contributed by atoms with Crippen molar-refractivity contribution in [2.45, 2.75) is 29.9 Å². The van der Waals surface area contributed by atoms with Crippen molar-refractivity contribution in [2.24, 2.45) is 0 Å². The van der Waals surface area contributed by atoms with Crippen molar-refractivity contribution in [3.8, 4) is 0 Å². The number of hydrogen-bond donors (Lipinski definition) is 2. The largest absolute Gasteiger partial charge is 0.361 e. The van der Waals surface area contributed by atoms with E-state index in [9.17, 15) is 22.0 Å². The molecular formula is C20H20F2N2O3S. The van der Waals surface area contributed by atoms with E-state index in [4.69, 9.17) is 0 Å². The van der Waals surface area contributed by atoms with E-state index < -0.39 is 20.9 Å². The molecule has 0 aliphatic carbocycles. The Morgan fingerprint density at radius 2 is 1.79 bits per heavy atom. The third-order valence-corrected chi connectivity index (χ3v) is 6.75. The highest BCUT2D eigenvalue weighted by atomic mass is 32.2. The third-order valence-electron chi connectivity index (χ3n) is 4.59. The van der Waals surface area contributed by atoms with Crippen LogP contribution in [0.15, 0.2) is 53.6 Å². The Labute approximate surface area is 161 Å². The van der Waals surface area contributed by atoms with Crippen LogP contribution in [0.4, 0.5) is 8.78 Å². The third kappa shape index (κ3) is 4.39. The predicted molar refractivity (Wildman–Crippen MR) is 103 cm³/mol. The lowest BCUT2D eigenvalue weighted by Gasteiger charge is -2.13. The van der Waals surface area contributed by atoms with E-state index >= 15 is 0 Å². The zero-order valence-corrected chi connectivity index (χ0v) is 16.0. The molecule has 1 aromatic heterocycles. The first-order chi connectivity index (χ1) is 13.3. The number of H-pyrrole nitrogens is 1. The van der Waals surface area contributed by atoms with E-state index in [-0.39, 0.29) is 23.0 Å². The van der Waals surface area contributed by atoms with E-state index in [1.165, 1.54) is 31.2 Å². The first kappa shape index (κ1) is 20.0. The van der Waals surface area contributed by atoms with E-state index in [2.05, 4.69) is 10.3 Å². The van der Waals surface area contributed by atoms with Crippen LogP contribution in [0.2, 0.25) is 0 Å². The van der Waals surface area contributed by atoms with Gasteiger partial charge in [-0.1, -0.05) is 0 Å². The number of hydrogen-bond acceptors (Lipinski definition) is 3. The fourth-order valence-corrected chi connectivity index (χ4v) is 4.35. The molecule has 148 valence electrons. The van der Waals surface area contributed by atoms with Gasteiger partial charge in [0.2, 0.25) is 5.91 Å². The maximum Gasteiger partial charge on any atom is 0.221 e. The first-order valence-electron chi connectivity index (χ1n) is 8.79. The van der Waals surface area contributed by atoms with Gasteiger partial charge in [-0.25, -0.2) is 17.2 Å². The molecule has 8 heteroatoms. The normalized spacial score (nSPS) is 12.8. The van der Waals surface area contributed by atoms with Gasteiger partial charge in [0.25, 0.3) is 0 Å². The minimum absolute atomic E-state index is 0.0137. The Morgan fingerprint density at radius 1 is 1.11 bits per heavy atom. The number of carbonyl (C=O) groups excluding carboxylic acids is 1. The second kappa shape index (κ2) is 8.10. The summed E-state index contributed by atoms with van der Waals surface area (Å²) in [7, 11) is -3.72. The Balaban J connectivity index is 1.55. The molecule has 0 bridgehead atoms. The van der Waals surface area contributed by atoms with Gasteiger partial charge >= 0.3 is 0 Å². The summed E-state index contributed by atoms with van der Waals surface area (Å²) in [5, 5.41) is 2.65. The molecular weight excluding hydrogens is 386 g/mol. The maximum atomic E-state index is 13.2. The molecule has 2 N–H and O–H groups in total. The number of aromatic amines is 1. The molecule has 1 unspecified atom stereocenters. The summed E-state index contributed by atoms with van der Waals surface area (Å²) in [6.45, 7) is 1.78. The molecule has 3 aromatic rings. The summed E-state index contributed by atoms with van der Waals surface area (Å²) in [6.07, 6.45) is 2.09. The molecule has 3 rings (SSSR count). The predicted octanol–water partition coefficient (Wildman–Crippen LogP) is 3.36. The maximum absolute atomic E-state index is 13.2. The molecule has 1 atom stereocenters. The average Bonchev–Trinajstić information content (AvgIpc) is 3.04. The molecule has 0 radical (unpaired) electrons. The molecule has 0 saturated heterocycles. The van der Waals surface area contributed by atoms with Gasteiger partial charge in [-0.15, -0.1) is 0 Å². The number of aromatic nitrogens is 1. The van der Waals surface area contributed by atoms with Crippen molar-refractivity contribution in [1.29, 1.82) is 0 Å². The lowest BCUT2D eigenvalue weighted by molar-refractivity contribution is -0.121. The number of rotatable bonds is 7. The molecule has 5 nitrogen and oxygen atoms in total. The van der Waals surface area contributed by atoms with Crippen LogP contribution in [0.25, 0.3) is 10.9 Å². The van der Waals surface area contributed by atoms with E-state index in [0.717, 1.165) is 23.1 Å². The summed E-state index contributed by atoms with van der Waals surface area (Å²) < 4.78 is 51.2. The second-order valence-electron chi connectivity index (χ2n) is 6.62. The average molecular weight is 406 g/mol. The molecule has 1 heterocycles. The van der Waals surface area contributed by atoms with Gasteiger partial charge < -0.3 is 10.3 Å². The van der Waals surface area contributed by atoms with Crippen molar-refractivity contribution >= 4 is 26.6 Å². The number of amides is 1.